The molecule has 4 heteroatoms. The fourth-order valence-corrected chi connectivity index (χ4v) is 4.23. The minimum atomic E-state index is 0.688. The lowest BCUT2D eigenvalue weighted by molar-refractivity contribution is 0.201. The average molecular weight is 352 g/mol. The maximum atomic E-state index is 4.29. The Kier molecular flexibility index (Phi) is 5.67. The highest BCUT2D eigenvalue weighted by atomic mass is 79.9. The van der Waals surface area contributed by atoms with E-state index in [0.717, 1.165) is 16.9 Å². The normalized spacial score (nSPS) is 25.7. The van der Waals surface area contributed by atoms with Crippen molar-refractivity contribution in [3.8, 4) is 0 Å². The average Bonchev–Trinajstić information content (AvgIpc) is 2.74. The zero-order valence-electron chi connectivity index (χ0n) is 12.7. The molecule has 0 aromatic carbocycles. The number of pyridine rings is 1. The highest BCUT2D eigenvalue weighted by Gasteiger charge is 2.26. The van der Waals surface area contributed by atoms with Crippen molar-refractivity contribution in [3.05, 3.63) is 28.5 Å². The van der Waals surface area contributed by atoms with Crippen molar-refractivity contribution in [1.82, 2.24) is 15.2 Å². The Morgan fingerprint density at radius 3 is 2.86 bits per heavy atom. The predicted octanol–water partition coefficient (Wildman–Crippen LogP) is 3.59. The van der Waals surface area contributed by atoms with Crippen LogP contribution in [0.4, 0.5) is 0 Å². The van der Waals surface area contributed by atoms with Gasteiger partial charge in [-0.2, -0.15) is 0 Å². The lowest BCUT2D eigenvalue weighted by atomic mass is 9.83. The van der Waals surface area contributed by atoms with Crippen molar-refractivity contribution in [2.45, 2.75) is 51.1 Å². The van der Waals surface area contributed by atoms with E-state index < -0.39 is 0 Å². The van der Waals surface area contributed by atoms with E-state index in [1.165, 1.54) is 63.7 Å². The molecule has 0 spiro atoms. The number of nitrogens with one attached hydrogen (secondary N) is 1. The SMILES string of the molecule is Brc1cncc(CN2CCCNC(C3CCCCC3)C2)c1. The largest absolute Gasteiger partial charge is 0.312 e. The van der Waals surface area contributed by atoms with Gasteiger partial charge in [-0.05, 0) is 65.8 Å². The molecule has 1 aromatic rings. The predicted molar refractivity (Wildman–Crippen MR) is 90.2 cm³/mol. The first-order valence-electron chi connectivity index (χ1n) is 8.36. The van der Waals surface area contributed by atoms with E-state index in [4.69, 9.17) is 0 Å². The third-order valence-electron chi connectivity index (χ3n) is 4.90. The van der Waals surface area contributed by atoms with Crippen molar-refractivity contribution >= 4 is 15.9 Å². The molecule has 1 unspecified atom stereocenters. The van der Waals surface area contributed by atoms with Gasteiger partial charge in [-0.3, -0.25) is 9.88 Å². The minimum absolute atomic E-state index is 0.688. The first-order chi connectivity index (χ1) is 10.3. The van der Waals surface area contributed by atoms with Gasteiger partial charge >= 0.3 is 0 Å². The van der Waals surface area contributed by atoms with E-state index in [9.17, 15) is 0 Å². The molecule has 3 rings (SSSR count). The summed E-state index contributed by atoms with van der Waals surface area (Å²) in [6, 6.07) is 2.88. The van der Waals surface area contributed by atoms with E-state index in [0.29, 0.717) is 6.04 Å². The van der Waals surface area contributed by atoms with E-state index in [1.54, 1.807) is 0 Å². The summed E-state index contributed by atoms with van der Waals surface area (Å²) < 4.78 is 1.08. The highest BCUT2D eigenvalue weighted by Crippen LogP contribution is 2.28. The maximum absolute atomic E-state index is 4.29. The van der Waals surface area contributed by atoms with Gasteiger partial charge in [0.15, 0.2) is 0 Å². The fourth-order valence-electron chi connectivity index (χ4n) is 3.82. The highest BCUT2D eigenvalue weighted by molar-refractivity contribution is 9.10. The van der Waals surface area contributed by atoms with E-state index >= 15 is 0 Å². The van der Waals surface area contributed by atoms with Crippen molar-refractivity contribution < 1.29 is 0 Å². The van der Waals surface area contributed by atoms with Gasteiger partial charge in [0, 0.05) is 36.0 Å². The molecule has 1 saturated carbocycles. The van der Waals surface area contributed by atoms with Gasteiger partial charge in [0.1, 0.15) is 0 Å². The first kappa shape index (κ1) is 15.4. The van der Waals surface area contributed by atoms with Crippen LogP contribution in [0.1, 0.15) is 44.1 Å². The summed E-state index contributed by atoms with van der Waals surface area (Å²) >= 11 is 3.52. The third-order valence-corrected chi connectivity index (χ3v) is 5.33. The van der Waals surface area contributed by atoms with Gasteiger partial charge in [0.05, 0.1) is 0 Å². The second-order valence-electron chi connectivity index (χ2n) is 6.56. The third kappa shape index (κ3) is 4.51. The molecule has 3 nitrogen and oxygen atoms in total. The van der Waals surface area contributed by atoms with Crippen LogP contribution < -0.4 is 5.32 Å². The van der Waals surface area contributed by atoms with Gasteiger partial charge in [-0.15, -0.1) is 0 Å². The molecule has 21 heavy (non-hydrogen) atoms. The Labute approximate surface area is 136 Å². The first-order valence-corrected chi connectivity index (χ1v) is 9.16. The zero-order chi connectivity index (χ0) is 14.5. The van der Waals surface area contributed by atoms with Crippen molar-refractivity contribution in [1.29, 1.82) is 0 Å². The molecule has 2 fully saturated rings. The summed E-state index contributed by atoms with van der Waals surface area (Å²) in [5.74, 6) is 0.889. The smallest absolute Gasteiger partial charge is 0.0410 e. The quantitative estimate of drug-likeness (QED) is 0.901. The van der Waals surface area contributed by atoms with Gasteiger partial charge in [-0.25, -0.2) is 0 Å². The van der Waals surface area contributed by atoms with Gasteiger partial charge in [0.2, 0.25) is 0 Å². The van der Waals surface area contributed by atoms with E-state index in [2.05, 4.69) is 37.2 Å². The molecule has 1 aliphatic carbocycles. The summed E-state index contributed by atoms with van der Waals surface area (Å²) in [7, 11) is 0. The summed E-state index contributed by atoms with van der Waals surface area (Å²) in [6.45, 7) is 4.59. The van der Waals surface area contributed by atoms with Crippen LogP contribution in [0.3, 0.4) is 0 Å². The molecule has 1 atom stereocenters. The molecule has 2 aliphatic rings. The molecule has 116 valence electrons. The van der Waals surface area contributed by atoms with E-state index in [-0.39, 0.29) is 0 Å². The molecule has 1 saturated heterocycles. The number of nitrogens with zero attached hydrogens (tertiary/aromatic N) is 2. The second kappa shape index (κ2) is 7.70. The Morgan fingerprint density at radius 1 is 1.19 bits per heavy atom. The fraction of sp³-hybridized carbons (Fsp3) is 0.706. The van der Waals surface area contributed by atoms with Crippen molar-refractivity contribution in [2.24, 2.45) is 5.92 Å². The Morgan fingerprint density at radius 2 is 2.05 bits per heavy atom. The number of hydrogen-bond acceptors (Lipinski definition) is 3. The number of rotatable bonds is 3. The molecule has 1 N–H and O–H groups in total. The van der Waals surface area contributed by atoms with Crippen LogP contribution in [-0.4, -0.2) is 35.6 Å². The lowest BCUT2D eigenvalue weighted by Crippen LogP contribution is -2.43. The van der Waals surface area contributed by atoms with Crippen molar-refractivity contribution in [2.75, 3.05) is 19.6 Å². The maximum Gasteiger partial charge on any atom is 0.0410 e. The summed E-state index contributed by atoms with van der Waals surface area (Å²) in [5.41, 5.74) is 1.31. The molecule has 1 aromatic heterocycles. The number of hydrogen-bond donors (Lipinski definition) is 1. The summed E-state index contributed by atoms with van der Waals surface area (Å²) in [5, 5.41) is 3.81. The van der Waals surface area contributed by atoms with Crippen LogP contribution in [0, 0.1) is 5.92 Å². The molecular formula is C17H26BrN3. The summed E-state index contributed by atoms with van der Waals surface area (Å²) in [6.07, 6.45) is 12.3. The zero-order valence-corrected chi connectivity index (χ0v) is 14.3. The molecule has 0 radical (unpaired) electrons. The molecule has 2 heterocycles. The topological polar surface area (TPSA) is 28.2 Å². The van der Waals surface area contributed by atoms with Crippen LogP contribution in [0.25, 0.3) is 0 Å². The molecular weight excluding hydrogens is 326 g/mol. The Bertz CT molecular complexity index is 445. The molecule has 0 bridgehead atoms. The van der Waals surface area contributed by atoms with Crippen molar-refractivity contribution in [3.63, 3.8) is 0 Å². The Balaban J connectivity index is 1.61. The van der Waals surface area contributed by atoms with Crippen LogP contribution in [0.15, 0.2) is 22.9 Å². The molecule has 0 amide bonds. The van der Waals surface area contributed by atoms with Crippen LogP contribution in [-0.2, 0) is 6.54 Å². The van der Waals surface area contributed by atoms with Crippen LogP contribution in [0.5, 0.6) is 0 Å². The van der Waals surface area contributed by atoms with Gasteiger partial charge in [-0.1, -0.05) is 19.3 Å². The molecule has 1 aliphatic heterocycles. The monoisotopic (exact) mass is 351 g/mol. The second-order valence-corrected chi connectivity index (χ2v) is 7.47. The van der Waals surface area contributed by atoms with E-state index in [1.807, 2.05) is 12.4 Å². The van der Waals surface area contributed by atoms with Crippen LogP contribution >= 0.6 is 15.9 Å². The van der Waals surface area contributed by atoms with Crippen LogP contribution in [0.2, 0.25) is 0 Å². The standard InChI is InChI=1S/C17H26BrN3/c18-16-9-14(10-19-11-16)12-21-8-4-7-20-17(13-21)15-5-2-1-3-6-15/h9-11,15,17,20H,1-8,12-13H2. The lowest BCUT2D eigenvalue weighted by Gasteiger charge is -2.33. The van der Waals surface area contributed by atoms with Gasteiger partial charge < -0.3 is 5.32 Å². The number of aromatic nitrogens is 1. The minimum Gasteiger partial charge on any atom is -0.312 e. The number of halogens is 1. The van der Waals surface area contributed by atoms with Gasteiger partial charge in [0.25, 0.3) is 0 Å². The Hall–Kier alpha value is -0.450. The summed E-state index contributed by atoms with van der Waals surface area (Å²) in [4.78, 5) is 6.91.